The Hall–Kier alpha value is -2.69. The molecule has 0 aliphatic heterocycles. The molecule has 128 valence electrons. The van der Waals surface area contributed by atoms with Crippen LogP contribution in [0.25, 0.3) is 0 Å². The van der Waals surface area contributed by atoms with Gasteiger partial charge in [0.15, 0.2) is 0 Å². The average molecular weight is 329 g/mol. The standard InChI is InChI=1S/C17H17NO4.C2H6/c1-12(2)16(13-6-4-3-5-7-13)22-17(19)21-15-10-8-14(18-20)9-11-15;1-2/h3-12,16H,1-2H3;1-2H3. The van der Waals surface area contributed by atoms with E-state index in [1.54, 1.807) is 0 Å². The molecule has 0 amide bonds. The zero-order valence-corrected chi connectivity index (χ0v) is 14.4. The molecule has 2 aromatic rings. The molecule has 0 aromatic heterocycles. The van der Waals surface area contributed by atoms with Gasteiger partial charge in [0.2, 0.25) is 0 Å². The topological polar surface area (TPSA) is 65.0 Å². The molecule has 2 aromatic carbocycles. The summed E-state index contributed by atoms with van der Waals surface area (Å²) >= 11 is 0. The van der Waals surface area contributed by atoms with Crippen LogP contribution in [-0.4, -0.2) is 6.16 Å². The summed E-state index contributed by atoms with van der Waals surface area (Å²) in [6.07, 6.45) is -1.17. The summed E-state index contributed by atoms with van der Waals surface area (Å²) in [4.78, 5) is 22.3. The van der Waals surface area contributed by atoms with Gasteiger partial charge in [-0.3, -0.25) is 0 Å². The molecular weight excluding hydrogens is 306 g/mol. The number of hydrogen-bond donors (Lipinski definition) is 0. The van der Waals surface area contributed by atoms with Crippen molar-refractivity contribution in [3.8, 4) is 5.75 Å². The van der Waals surface area contributed by atoms with Gasteiger partial charge in [0.05, 0.1) is 0 Å². The van der Waals surface area contributed by atoms with E-state index in [0.717, 1.165) is 5.56 Å². The molecule has 0 saturated heterocycles. The first kappa shape index (κ1) is 19.4. The van der Waals surface area contributed by atoms with E-state index in [1.807, 2.05) is 58.0 Å². The molecule has 0 heterocycles. The van der Waals surface area contributed by atoms with E-state index >= 15 is 0 Å². The number of ether oxygens (including phenoxy) is 2. The number of rotatable bonds is 5. The molecule has 0 bridgehead atoms. The number of carbonyl (C=O) groups is 1. The fraction of sp³-hybridized carbons (Fsp3) is 0.316. The van der Waals surface area contributed by atoms with E-state index < -0.39 is 6.16 Å². The monoisotopic (exact) mass is 329 g/mol. The smallest absolute Gasteiger partial charge is 0.426 e. The summed E-state index contributed by atoms with van der Waals surface area (Å²) in [6, 6.07) is 15.4. The summed E-state index contributed by atoms with van der Waals surface area (Å²) in [6.45, 7) is 7.94. The lowest BCUT2D eigenvalue weighted by Gasteiger charge is -2.21. The third-order valence-corrected chi connectivity index (χ3v) is 3.10. The van der Waals surface area contributed by atoms with Crippen molar-refractivity contribution < 1.29 is 14.3 Å². The second-order valence-corrected chi connectivity index (χ2v) is 5.13. The van der Waals surface area contributed by atoms with E-state index in [4.69, 9.17) is 9.47 Å². The fourth-order valence-corrected chi connectivity index (χ4v) is 2.03. The Balaban J connectivity index is 0.00000139. The van der Waals surface area contributed by atoms with Crippen LogP contribution in [0, 0.1) is 10.8 Å². The van der Waals surface area contributed by atoms with Crippen molar-refractivity contribution in [1.29, 1.82) is 0 Å². The first-order valence-electron chi connectivity index (χ1n) is 7.97. The van der Waals surface area contributed by atoms with Gasteiger partial charge in [-0.1, -0.05) is 58.0 Å². The van der Waals surface area contributed by atoms with E-state index in [1.165, 1.54) is 24.3 Å². The van der Waals surface area contributed by atoms with Crippen molar-refractivity contribution in [3.05, 3.63) is 65.1 Å². The van der Waals surface area contributed by atoms with Crippen molar-refractivity contribution in [2.75, 3.05) is 0 Å². The normalized spacial score (nSPS) is 11.0. The Labute approximate surface area is 142 Å². The van der Waals surface area contributed by atoms with Crippen LogP contribution in [0.3, 0.4) is 0 Å². The van der Waals surface area contributed by atoms with E-state index in [2.05, 4.69) is 5.18 Å². The van der Waals surface area contributed by atoms with Gasteiger partial charge in [-0.25, -0.2) is 4.79 Å². The molecule has 0 radical (unpaired) electrons. The summed E-state index contributed by atoms with van der Waals surface area (Å²) in [5.74, 6) is 0.407. The molecule has 0 spiro atoms. The Kier molecular flexibility index (Phi) is 8.19. The number of hydrogen-bond acceptors (Lipinski definition) is 5. The second-order valence-electron chi connectivity index (χ2n) is 5.13. The van der Waals surface area contributed by atoms with Crippen molar-refractivity contribution >= 4 is 11.8 Å². The van der Waals surface area contributed by atoms with Gasteiger partial charge >= 0.3 is 6.16 Å². The predicted molar refractivity (Wildman–Crippen MR) is 94.4 cm³/mol. The SMILES string of the molecule is CC.CC(C)C(OC(=O)Oc1ccc(N=O)cc1)c1ccccc1. The largest absolute Gasteiger partial charge is 0.514 e. The average Bonchev–Trinajstić information content (AvgIpc) is 2.62. The highest BCUT2D eigenvalue weighted by Crippen LogP contribution is 2.26. The fourth-order valence-electron chi connectivity index (χ4n) is 2.03. The molecule has 0 N–H and O–H groups in total. The minimum absolute atomic E-state index is 0.108. The summed E-state index contributed by atoms with van der Waals surface area (Å²) in [5, 5.41) is 2.78. The molecule has 1 atom stereocenters. The maximum Gasteiger partial charge on any atom is 0.514 e. The molecule has 5 nitrogen and oxygen atoms in total. The van der Waals surface area contributed by atoms with Crippen LogP contribution in [0.4, 0.5) is 10.5 Å². The Bertz CT molecular complexity index is 624. The minimum Gasteiger partial charge on any atom is -0.426 e. The van der Waals surface area contributed by atoms with Crippen LogP contribution in [-0.2, 0) is 4.74 Å². The molecule has 2 rings (SSSR count). The zero-order chi connectivity index (χ0) is 17.9. The maximum absolute atomic E-state index is 11.9. The highest BCUT2D eigenvalue weighted by Gasteiger charge is 2.21. The maximum atomic E-state index is 11.9. The molecule has 0 aliphatic rings. The van der Waals surface area contributed by atoms with E-state index in [9.17, 15) is 9.70 Å². The highest BCUT2D eigenvalue weighted by molar-refractivity contribution is 5.64. The molecule has 5 heteroatoms. The molecular formula is C19H23NO4. The van der Waals surface area contributed by atoms with Crippen LogP contribution < -0.4 is 4.74 Å². The van der Waals surface area contributed by atoms with Gasteiger partial charge in [0.1, 0.15) is 17.5 Å². The molecule has 0 aliphatic carbocycles. The van der Waals surface area contributed by atoms with Gasteiger partial charge in [0, 0.05) is 0 Å². The lowest BCUT2D eigenvalue weighted by atomic mass is 9.99. The first-order valence-corrected chi connectivity index (χ1v) is 7.97. The number of benzene rings is 2. The number of nitroso groups, excluding NO2 is 1. The van der Waals surface area contributed by atoms with Crippen molar-refractivity contribution in [2.24, 2.45) is 11.1 Å². The second kappa shape index (κ2) is 10.2. The Morgan fingerprint density at radius 3 is 2.04 bits per heavy atom. The van der Waals surface area contributed by atoms with Crippen LogP contribution in [0.5, 0.6) is 5.75 Å². The third kappa shape index (κ3) is 5.83. The zero-order valence-electron chi connectivity index (χ0n) is 14.4. The van der Waals surface area contributed by atoms with Crippen molar-refractivity contribution in [1.82, 2.24) is 0 Å². The molecule has 1 unspecified atom stereocenters. The van der Waals surface area contributed by atoms with Crippen molar-refractivity contribution in [3.63, 3.8) is 0 Å². The minimum atomic E-state index is -0.783. The van der Waals surface area contributed by atoms with Gasteiger partial charge in [-0.05, 0) is 40.9 Å². The lowest BCUT2D eigenvalue weighted by molar-refractivity contribution is 0.0367. The van der Waals surface area contributed by atoms with Crippen LogP contribution in [0.15, 0.2) is 59.8 Å². The Morgan fingerprint density at radius 1 is 0.958 bits per heavy atom. The summed E-state index contributed by atoms with van der Waals surface area (Å²) in [7, 11) is 0. The third-order valence-electron chi connectivity index (χ3n) is 3.10. The quantitative estimate of drug-likeness (QED) is 0.382. The summed E-state index contributed by atoms with van der Waals surface area (Å²) in [5.41, 5.74) is 1.18. The van der Waals surface area contributed by atoms with Gasteiger partial charge in [-0.2, -0.15) is 0 Å². The van der Waals surface area contributed by atoms with Gasteiger partial charge < -0.3 is 9.47 Å². The molecule has 0 saturated carbocycles. The molecule has 0 fully saturated rings. The van der Waals surface area contributed by atoms with Crippen LogP contribution in [0.1, 0.15) is 39.4 Å². The summed E-state index contributed by atoms with van der Waals surface area (Å²) < 4.78 is 10.5. The lowest BCUT2D eigenvalue weighted by Crippen LogP contribution is -2.19. The van der Waals surface area contributed by atoms with E-state index in [-0.39, 0.29) is 17.7 Å². The first-order chi connectivity index (χ1) is 11.6. The Morgan fingerprint density at radius 2 is 1.54 bits per heavy atom. The van der Waals surface area contributed by atoms with Crippen LogP contribution in [0.2, 0.25) is 0 Å². The predicted octanol–water partition coefficient (Wildman–Crippen LogP) is 6.02. The van der Waals surface area contributed by atoms with Crippen molar-refractivity contribution in [2.45, 2.75) is 33.8 Å². The van der Waals surface area contributed by atoms with Crippen LogP contribution >= 0.6 is 0 Å². The highest BCUT2D eigenvalue weighted by atomic mass is 16.7. The number of nitrogens with zero attached hydrogens (tertiary/aromatic N) is 1. The van der Waals surface area contributed by atoms with E-state index in [0.29, 0.717) is 5.75 Å². The molecule has 24 heavy (non-hydrogen) atoms. The van der Waals surface area contributed by atoms with Gasteiger partial charge in [-0.15, -0.1) is 4.91 Å². The van der Waals surface area contributed by atoms with Gasteiger partial charge in [0.25, 0.3) is 0 Å². The number of carbonyl (C=O) groups excluding carboxylic acids is 1.